The van der Waals surface area contributed by atoms with Crippen LogP contribution in [0, 0.1) is 0 Å². The van der Waals surface area contributed by atoms with Gasteiger partial charge in [-0.1, -0.05) is 0 Å². The summed E-state index contributed by atoms with van der Waals surface area (Å²) in [6.07, 6.45) is 1.98. The Bertz CT molecular complexity index is 1180. The molecule has 2 amide bonds. The lowest BCUT2D eigenvalue weighted by Gasteiger charge is -2.38. The van der Waals surface area contributed by atoms with E-state index in [1.54, 1.807) is 0 Å². The number of nitrogens with zero attached hydrogens (tertiary/aromatic N) is 5. The van der Waals surface area contributed by atoms with Crippen LogP contribution in [-0.4, -0.2) is 72.7 Å². The number of amides is 2. The smallest absolute Gasteiger partial charge is 0.319 e. The van der Waals surface area contributed by atoms with Crippen LogP contribution in [0.1, 0.15) is 25.1 Å². The second-order valence-electron chi connectivity index (χ2n) is 8.99. The van der Waals surface area contributed by atoms with E-state index < -0.39 is 0 Å². The molecule has 1 atom stereocenters. The van der Waals surface area contributed by atoms with E-state index in [9.17, 15) is 9.18 Å². The first kappa shape index (κ1) is 24.0. The predicted octanol–water partition coefficient (Wildman–Crippen LogP) is 2.64. The molecule has 190 valence electrons. The van der Waals surface area contributed by atoms with Gasteiger partial charge >= 0.3 is 6.03 Å². The summed E-state index contributed by atoms with van der Waals surface area (Å²) in [7, 11) is 0. The quantitative estimate of drug-likeness (QED) is 0.587. The Hall–Kier alpha value is -3.73. The molecule has 5 rings (SSSR count). The fraction of sp³-hybridized carbons (Fsp3) is 0.440. The van der Waals surface area contributed by atoms with Crippen LogP contribution < -0.4 is 20.9 Å². The lowest BCUT2D eigenvalue weighted by atomic mass is 10.0. The van der Waals surface area contributed by atoms with Crippen LogP contribution in [0.5, 0.6) is 0 Å². The Labute approximate surface area is 209 Å². The first-order chi connectivity index (χ1) is 17.5. The number of carbonyl (C=O) groups is 1. The molecule has 36 heavy (non-hydrogen) atoms. The molecule has 1 aromatic heterocycles. The number of hydrogen-bond donors (Lipinski definition) is 3. The molecule has 0 aliphatic carbocycles. The van der Waals surface area contributed by atoms with Crippen molar-refractivity contribution in [2.75, 3.05) is 49.7 Å². The average molecular weight is 495 g/mol. The Morgan fingerprint density at radius 1 is 1.25 bits per heavy atom. The first-order valence-corrected chi connectivity index (χ1v) is 12.3. The fourth-order valence-electron chi connectivity index (χ4n) is 4.70. The summed E-state index contributed by atoms with van der Waals surface area (Å²) >= 11 is 0. The molecule has 1 saturated heterocycles. The lowest BCUT2D eigenvalue weighted by molar-refractivity contribution is 0.0983. The molecule has 11 heteroatoms. The number of urea groups is 1. The third-order valence-electron chi connectivity index (χ3n) is 6.51. The Morgan fingerprint density at radius 2 is 2.08 bits per heavy atom. The summed E-state index contributed by atoms with van der Waals surface area (Å²) in [5, 5.41) is 8.58. The van der Waals surface area contributed by atoms with Crippen molar-refractivity contribution in [2.45, 2.75) is 32.9 Å². The second kappa shape index (κ2) is 10.5. The van der Waals surface area contributed by atoms with Gasteiger partial charge in [0.05, 0.1) is 37.7 Å². The number of morpholine rings is 1. The van der Waals surface area contributed by atoms with Gasteiger partial charge in [-0.2, -0.15) is 0 Å². The number of nitrogens with one attached hydrogen (secondary N) is 3. The predicted molar refractivity (Wildman–Crippen MR) is 137 cm³/mol. The van der Waals surface area contributed by atoms with Gasteiger partial charge in [0.25, 0.3) is 0 Å². The van der Waals surface area contributed by atoms with E-state index >= 15 is 0 Å². The number of anilines is 2. The molecule has 1 fully saturated rings. The fourth-order valence-corrected chi connectivity index (χ4v) is 4.70. The Morgan fingerprint density at radius 3 is 2.83 bits per heavy atom. The van der Waals surface area contributed by atoms with Crippen LogP contribution in [0.4, 0.5) is 20.7 Å². The SMILES string of the molecule is CCNC(=O)Nc1ccc(-c2nc3c(c(N4CCOC[C@@H]4C)n2)CCN(C2=C(F)C=NCN2)C3)cc1. The summed E-state index contributed by atoms with van der Waals surface area (Å²) in [5.41, 5.74) is 3.51. The van der Waals surface area contributed by atoms with E-state index in [1.165, 1.54) is 6.21 Å². The van der Waals surface area contributed by atoms with E-state index in [1.807, 2.05) is 36.1 Å². The zero-order valence-corrected chi connectivity index (χ0v) is 20.6. The molecule has 0 spiro atoms. The molecule has 0 bridgehead atoms. The molecule has 4 heterocycles. The van der Waals surface area contributed by atoms with Crippen molar-refractivity contribution >= 4 is 23.8 Å². The molecular formula is C25H31FN8O2. The number of hydrogen-bond acceptors (Lipinski definition) is 8. The highest BCUT2D eigenvalue weighted by molar-refractivity contribution is 5.89. The van der Waals surface area contributed by atoms with Gasteiger partial charge in [-0.25, -0.2) is 19.2 Å². The minimum absolute atomic E-state index is 0.184. The van der Waals surface area contributed by atoms with Gasteiger partial charge in [0.1, 0.15) is 18.3 Å². The van der Waals surface area contributed by atoms with Crippen LogP contribution in [0.15, 0.2) is 40.9 Å². The van der Waals surface area contributed by atoms with Crippen molar-refractivity contribution in [3.63, 3.8) is 0 Å². The molecule has 0 unspecified atom stereocenters. The maximum Gasteiger partial charge on any atom is 0.319 e. The van der Waals surface area contributed by atoms with Crippen molar-refractivity contribution in [1.82, 2.24) is 25.5 Å². The van der Waals surface area contributed by atoms with E-state index in [0.29, 0.717) is 63.3 Å². The zero-order valence-electron chi connectivity index (χ0n) is 20.6. The molecule has 0 saturated carbocycles. The number of halogens is 1. The topological polar surface area (TPSA) is 107 Å². The molecule has 1 aromatic carbocycles. The van der Waals surface area contributed by atoms with Gasteiger partial charge in [-0.05, 0) is 44.5 Å². The normalized spacial score (nSPS) is 19.6. The van der Waals surface area contributed by atoms with Crippen LogP contribution in [-0.2, 0) is 17.7 Å². The first-order valence-electron chi connectivity index (χ1n) is 12.3. The summed E-state index contributed by atoms with van der Waals surface area (Å²) in [6, 6.07) is 7.41. The minimum Gasteiger partial charge on any atom is -0.377 e. The van der Waals surface area contributed by atoms with E-state index in [4.69, 9.17) is 14.7 Å². The van der Waals surface area contributed by atoms with Gasteiger partial charge in [-0.3, -0.25) is 4.99 Å². The third kappa shape index (κ3) is 4.97. The number of carbonyl (C=O) groups excluding carboxylic acids is 1. The van der Waals surface area contributed by atoms with Crippen molar-refractivity contribution in [2.24, 2.45) is 4.99 Å². The van der Waals surface area contributed by atoms with Crippen molar-refractivity contribution < 1.29 is 13.9 Å². The summed E-state index contributed by atoms with van der Waals surface area (Å²) < 4.78 is 20.1. The summed E-state index contributed by atoms with van der Waals surface area (Å²) in [4.78, 5) is 30.0. The average Bonchev–Trinajstić information content (AvgIpc) is 2.89. The molecule has 10 nitrogen and oxygen atoms in total. The van der Waals surface area contributed by atoms with E-state index in [2.05, 4.69) is 32.8 Å². The maximum atomic E-state index is 14.5. The Balaban J connectivity index is 1.49. The monoisotopic (exact) mass is 494 g/mol. The highest BCUT2D eigenvalue weighted by atomic mass is 19.1. The number of aliphatic imine (C=N–C) groups is 1. The van der Waals surface area contributed by atoms with Crippen LogP contribution in [0.25, 0.3) is 11.4 Å². The molecular weight excluding hydrogens is 463 g/mol. The molecule has 3 aliphatic rings. The lowest BCUT2D eigenvalue weighted by Crippen LogP contribution is -2.46. The maximum absolute atomic E-state index is 14.5. The van der Waals surface area contributed by atoms with E-state index in [-0.39, 0.29) is 17.9 Å². The number of ether oxygens (including phenoxy) is 1. The van der Waals surface area contributed by atoms with Crippen molar-refractivity contribution in [3.8, 4) is 11.4 Å². The minimum atomic E-state index is -0.365. The highest BCUT2D eigenvalue weighted by Gasteiger charge is 2.30. The van der Waals surface area contributed by atoms with Crippen molar-refractivity contribution in [3.05, 3.63) is 47.2 Å². The zero-order chi connectivity index (χ0) is 25.1. The van der Waals surface area contributed by atoms with Gasteiger partial charge < -0.3 is 30.5 Å². The molecule has 0 radical (unpaired) electrons. The largest absolute Gasteiger partial charge is 0.377 e. The number of rotatable bonds is 5. The van der Waals surface area contributed by atoms with Gasteiger partial charge in [0, 0.05) is 36.4 Å². The molecule has 3 N–H and O–H groups in total. The highest BCUT2D eigenvalue weighted by Crippen LogP contribution is 2.33. The van der Waals surface area contributed by atoms with E-state index in [0.717, 1.165) is 29.2 Å². The molecule has 3 aliphatic heterocycles. The number of benzene rings is 1. The van der Waals surface area contributed by atoms with Gasteiger partial charge in [0.15, 0.2) is 11.7 Å². The van der Waals surface area contributed by atoms with Gasteiger partial charge in [0.2, 0.25) is 0 Å². The van der Waals surface area contributed by atoms with Crippen molar-refractivity contribution in [1.29, 1.82) is 0 Å². The Kier molecular flexibility index (Phi) is 6.99. The second-order valence-corrected chi connectivity index (χ2v) is 8.99. The summed E-state index contributed by atoms with van der Waals surface area (Å²) in [5.74, 6) is 1.61. The third-order valence-corrected chi connectivity index (χ3v) is 6.51. The number of aromatic nitrogens is 2. The summed E-state index contributed by atoms with van der Waals surface area (Å²) in [6.45, 7) is 8.07. The van der Waals surface area contributed by atoms with Crippen LogP contribution in [0.3, 0.4) is 0 Å². The van der Waals surface area contributed by atoms with Crippen LogP contribution in [0.2, 0.25) is 0 Å². The standard InChI is InChI=1S/C25H31FN8O2/c1-3-28-25(35)30-18-6-4-17(5-7-18)22-31-21-13-33(24-20(26)12-27-15-29-24)9-8-19(21)23(32-22)34-10-11-36-14-16(34)2/h4-7,12,16,29H,3,8-11,13-15H2,1-2H3,(H2,28,30,35)/t16-/m0/s1. The number of fused-ring (bicyclic) bond motifs is 1. The van der Waals surface area contributed by atoms with Crippen LogP contribution >= 0.6 is 0 Å². The van der Waals surface area contributed by atoms with Gasteiger partial charge in [-0.15, -0.1) is 0 Å². The molecule has 2 aromatic rings. The number of allylic oxidation sites excluding steroid dienone is 1.